The van der Waals surface area contributed by atoms with Gasteiger partial charge in [-0.1, -0.05) is 54.1 Å². The summed E-state index contributed by atoms with van der Waals surface area (Å²) in [6.07, 6.45) is 3.71. The van der Waals surface area contributed by atoms with Gasteiger partial charge in [-0.2, -0.15) is 0 Å². The minimum Gasteiger partial charge on any atom is -0.342 e. The van der Waals surface area contributed by atoms with Crippen LogP contribution in [-0.2, 0) is 4.79 Å². The largest absolute Gasteiger partial charge is 0.342 e. The van der Waals surface area contributed by atoms with Crippen molar-refractivity contribution in [2.45, 2.75) is 31.6 Å². The van der Waals surface area contributed by atoms with Crippen molar-refractivity contribution in [2.75, 3.05) is 26.2 Å². The van der Waals surface area contributed by atoms with E-state index < -0.39 is 0 Å². The zero-order valence-corrected chi connectivity index (χ0v) is 17.4. The molecule has 2 amide bonds. The Balaban J connectivity index is 1.36. The summed E-state index contributed by atoms with van der Waals surface area (Å²) in [5.41, 5.74) is 1.89. The van der Waals surface area contributed by atoms with Crippen LogP contribution in [0.4, 0.5) is 0 Å². The Morgan fingerprint density at radius 2 is 1.52 bits per heavy atom. The minimum absolute atomic E-state index is 0.0733. The predicted octanol–water partition coefficient (Wildman–Crippen LogP) is 4.60. The van der Waals surface area contributed by atoms with Crippen molar-refractivity contribution in [3.63, 3.8) is 0 Å². The molecule has 152 valence electrons. The zero-order valence-electron chi connectivity index (χ0n) is 16.6. The van der Waals surface area contributed by atoms with Crippen molar-refractivity contribution >= 4 is 23.4 Å². The number of carbonyl (C=O) groups excluding carboxylic acids is 2. The Morgan fingerprint density at radius 1 is 0.828 bits per heavy atom. The molecule has 0 bridgehead atoms. The molecule has 1 unspecified atom stereocenters. The van der Waals surface area contributed by atoms with Crippen molar-refractivity contribution in [3.05, 3.63) is 70.7 Å². The number of benzene rings is 2. The number of rotatable bonds is 3. The van der Waals surface area contributed by atoms with Gasteiger partial charge in [0.05, 0.1) is 16.5 Å². The molecule has 5 heteroatoms. The second-order valence-corrected chi connectivity index (χ2v) is 8.49. The maximum Gasteiger partial charge on any atom is 0.255 e. The van der Waals surface area contributed by atoms with Gasteiger partial charge in [-0.15, -0.1) is 0 Å². The molecule has 2 aromatic rings. The fraction of sp³-hybridized carbons (Fsp3) is 0.417. The highest BCUT2D eigenvalue weighted by Gasteiger charge is 2.33. The number of piperidine rings is 2. The summed E-state index contributed by atoms with van der Waals surface area (Å²) >= 11 is 6.20. The first kappa shape index (κ1) is 20.0. The van der Waals surface area contributed by atoms with Crippen LogP contribution in [0, 0.1) is 5.92 Å². The molecule has 2 aliphatic rings. The first-order chi connectivity index (χ1) is 14.1. The third kappa shape index (κ3) is 4.48. The molecule has 29 heavy (non-hydrogen) atoms. The highest BCUT2D eigenvalue weighted by molar-refractivity contribution is 6.33. The van der Waals surface area contributed by atoms with Gasteiger partial charge in [-0.05, 0) is 49.3 Å². The first-order valence-electron chi connectivity index (χ1n) is 10.5. The molecular formula is C24H27ClN2O2. The number of nitrogens with zero attached hydrogens (tertiary/aromatic N) is 2. The molecule has 0 saturated carbocycles. The second kappa shape index (κ2) is 9.00. The van der Waals surface area contributed by atoms with E-state index in [1.165, 1.54) is 5.56 Å². The van der Waals surface area contributed by atoms with Gasteiger partial charge in [0.2, 0.25) is 5.91 Å². The van der Waals surface area contributed by atoms with Crippen molar-refractivity contribution in [1.82, 2.24) is 9.80 Å². The first-order valence-corrected chi connectivity index (χ1v) is 10.9. The van der Waals surface area contributed by atoms with Crippen molar-refractivity contribution < 1.29 is 9.59 Å². The van der Waals surface area contributed by atoms with Gasteiger partial charge in [0.15, 0.2) is 0 Å². The lowest BCUT2D eigenvalue weighted by atomic mass is 9.88. The van der Waals surface area contributed by atoms with Gasteiger partial charge in [-0.3, -0.25) is 9.59 Å². The standard InChI is InChI=1S/C24H27ClN2O2/c25-22-11-5-4-10-21(22)24(29)27-14-6-9-20(17-27)23(28)26-15-12-19(13-16-26)18-7-2-1-3-8-18/h1-5,7-8,10-11,19-20H,6,9,12-17H2. The highest BCUT2D eigenvalue weighted by Crippen LogP contribution is 2.30. The van der Waals surface area contributed by atoms with Crippen LogP contribution in [0.3, 0.4) is 0 Å². The Morgan fingerprint density at radius 3 is 2.24 bits per heavy atom. The van der Waals surface area contributed by atoms with Crippen LogP contribution in [0.15, 0.2) is 54.6 Å². The number of likely N-dealkylation sites (tertiary alicyclic amines) is 2. The summed E-state index contributed by atoms with van der Waals surface area (Å²) in [7, 11) is 0. The van der Waals surface area contributed by atoms with E-state index in [2.05, 4.69) is 24.3 Å². The van der Waals surface area contributed by atoms with Crippen LogP contribution in [0.25, 0.3) is 0 Å². The molecular weight excluding hydrogens is 384 g/mol. The van der Waals surface area contributed by atoms with E-state index in [-0.39, 0.29) is 17.7 Å². The smallest absolute Gasteiger partial charge is 0.255 e. The van der Waals surface area contributed by atoms with Gasteiger partial charge in [0.1, 0.15) is 0 Å². The van der Waals surface area contributed by atoms with Crippen LogP contribution in [0.1, 0.15) is 47.5 Å². The lowest BCUT2D eigenvalue weighted by Crippen LogP contribution is -2.48. The summed E-state index contributed by atoms with van der Waals surface area (Å²) in [5.74, 6) is 0.553. The number of hydrogen-bond donors (Lipinski definition) is 0. The van der Waals surface area contributed by atoms with E-state index in [1.807, 2.05) is 23.1 Å². The van der Waals surface area contributed by atoms with Gasteiger partial charge in [-0.25, -0.2) is 0 Å². The summed E-state index contributed by atoms with van der Waals surface area (Å²) in [6, 6.07) is 17.7. The average Bonchev–Trinajstić information content (AvgIpc) is 2.79. The minimum atomic E-state index is -0.108. The second-order valence-electron chi connectivity index (χ2n) is 8.08. The average molecular weight is 411 g/mol. The van der Waals surface area contributed by atoms with Gasteiger partial charge >= 0.3 is 0 Å². The third-order valence-corrected chi connectivity index (χ3v) is 6.57. The Bertz CT molecular complexity index is 862. The van der Waals surface area contributed by atoms with Crippen LogP contribution >= 0.6 is 11.6 Å². The number of hydrogen-bond acceptors (Lipinski definition) is 2. The highest BCUT2D eigenvalue weighted by atomic mass is 35.5. The molecule has 2 heterocycles. The van der Waals surface area contributed by atoms with Crippen LogP contribution in [0.2, 0.25) is 5.02 Å². The quantitative estimate of drug-likeness (QED) is 0.742. The third-order valence-electron chi connectivity index (χ3n) is 6.24. The molecule has 2 aromatic carbocycles. The monoisotopic (exact) mass is 410 g/mol. The summed E-state index contributed by atoms with van der Waals surface area (Å²) in [5, 5.41) is 0.467. The molecule has 4 rings (SSSR count). The van der Waals surface area contributed by atoms with E-state index >= 15 is 0 Å². The normalized spacial score (nSPS) is 20.5. The molecule has 0 N–H and O–H groups in total. The molecule has 2 aliphatic heterocycles. The van der Waals surface area contributed by atoms with Crippen LogP contribution in [0.5, 0.6) is 0 Å². The molecule has 0 spiro atoms. The van der Waals surface area contributed by atoms with Crippen LogP contribution in [-0.4, -0.2) is 47.8 Å². The van der Waals surface area contributed by atoms with Crippen molar-refractivity contribution in [1.29, 1.82) is 0 Å². The molecule has 0 radical (unpaired) electrons. The number of amides is 2. The molecule has 4 nitrogen and oxygen atoms in total. The molecule has 0 aliphatic carbocycles. The Kier molecular flexibility index (Phi) is 6.19. The van der Waals surface area contributed by atoms with Crippen molar-refractivity contribution in [3.8, 4) is 0 Å². The van der Waals surface area contributed by atoms with Gasteiger partial charge in [0, 0.05) is 26.2 Å². The van der Waals surface area contributed by atoms with E-state index in [1.54, 1.807) is 17.0 Å². The van der Waals surface area contributed by atoms with E-state index in [4.69, 9.17) is 11.6 Å². The molecule has 2 saturated heterocycles. The fourth-order valence-electron chi connectivity index (χ4n) is 4.58. The maximum atomic E-state index is 13.1. The SMILES string of the molecule is O=C(c1ccccc1Cl)N1CCCC(C(=O)N2CCC(c3ccccc3)CC2)C1. The Hall–Kier alpha value is -2.33. The van der Waals surface area contributed by atoms with E-state index in [0.717, 1.165) is 38.8 Å². The summed E-state index contributed by atoms with van der Waals surface area (Å²) in [4.78, 5) is 29.8. The molecule has 1 atom stereocenters. The van der Waals surface area contributed by atoms with Gasteiger partial charge in [0.25, 0.3) is 5.91 Å². The predicted molar refractivity (Wildman–Crippen MR) is 115 cm³/mol. The van der Waals surface area contributed by atoms with E-state index in [9.17, 15) is 9.59 Å². The molecule has 2 fully saturated rings. The lowest BCUT2D eigenvalue weighted by Gasteiger charge is -2.38. The summed E-state index contributed by atoms with van der Waals surface area (Å²) in [6.45, 7) is 2.77. The Labute approximate surface area is 177 Å². The number of halogens is 1. The van der Waals surface area contributed by atoms with Gasteiger partial charge < -0.3 is 9.80 Å². The topological polar surface area (TPSA) is 40.6 Å². The zero-order chi connectivity index (χ0) is 20.2. The fourth-order valence-corrected chi connectivity index (χ4v) is 4.80. The van der Waals surface area contributed by atoms with E-state index in [0.29, 0.717) is 29.6 Å². The number of carbonyl (C=O) groups is 2. The summed E-state index contributed by atoms with van der Waals surface area (Å²) < 4.78 is 0. The maximum absolute atomic E-state index is 13.1. The van der Waals surface area contributed by atoms with Crippen molar-refractivity contribution in [2.24, 2.45) is 5.92 Å². The van der Waals surface area contributed by atoms with Crippen LogP contribution < -0.4 is 0 Å². The molecule has 0 aromatic heterocycles. The lowest BCUT2D eigenvalue weighted by molar-refractivity contribution is -0.138.